The second-order valence-electron chi connectivity index (χ2n) is 3.50. The Morgan fingerprint density at radius 2 is 2.38 bits per heavy atom. The zero-order valence-corrected chi connectivity index (χ0v) is 7.74. The van der Waals surface area contributed by atoms with Crippen LogP contribution in [0.4, 0.5) is 0 Å². The second kappa shape index (κ2) is 5.19. The lowest BCUT2D eigenvalue weighted by molar-refractivity contribution is -0.140. The highest BCUT2D eigenvalue weighted by atomic mass is 16.5. The summed E-state index contributed by atoms with van der Waals surface area (Å²) >= 11 is 0. The van der Waals surface area contributed by atoms with Crippen LogP contribution < -0.4 is 5.73 Å². The van der Waals surface area contributed by atoms with Crippen LogP contribution in [0.5, 0.6) is 0 Å². The maximum Gasteiger partial charge on any atom is 0.303 e. The first-order valence-electron chi connectivity index (χ1n) is 4.77. The lowest BCUT2D eigenvalue weighted by Gasteiger charge is -2.28. The van der Waals surface area contributed by atoms with Crippen molar-refractivity contribution in [3.8, 4) is 0 Å². The molecule has 76 valence electrons. The maximum atomic E-state index is 10.5. The van der Waals surface area contributed by atoms with Gasteiger partial charge in [0.25, 0.3) is 0 Å². The van der Waals surface area contributed by atoms with E-state index in [0.29, 0.717) is 6.54 Å². The molecule has 4 heteroatoms. The van der Waals surface area contributed by atoms with Gasteiger partial charge in [-0.05, 0) is 25.8 Å². The third-order valence-electron chi connectivity index (χ3n) is 2.48. The number of nitrogens with two attached hydrogens (primary N) is 1. The predicted molar refractivity (Wildman–Crippen MR) is 48.4 cm³/mol. The van der Waals surface area contributed by atoms with E-state index in [-0.39, 0.29) is 18.4 Å². The molecule has 3 N–H and O–H groups in total. The smallest absolute Gasteiger partial charge is 0.303 e. The molecule has 4 nitrogen and oxygen atoms in total. The number of hydrogen-bond donors (Lipinski definition) is 2. The summed E-state index contributed by atoms with van der Waals surface area (Å²) in [5, 5.41) is 8.63. The largest absolute Gasteiger partial charge is 0.481 e. The summed E-state index contributed by atoms with van der Waals surface area (Å²) in [6.45, 7) is 1.15. The number of carbonyl (C=O) groups is 1. The van der Waals surface area contributed by atoms with Gasteiger partial charge in [0.2, 0.25) is 0 Å². The van der Waals surface area contributed by atoms with Gasteiger partial charge in [0.1, 0.15) is 0 Å². The summed E-state index contributed by atoms with van der Waals surface area (Å²) in [5.74, 6) is -0.803. The molecule has 0 aromatic rings. The topological polar surface area (TPSA) is 72.6 Å². The number of rotatable bonds is 4. The van der Waals surface area contributed by atoms with Crippen LogP contribution in [-0.4, -0.2) is 30.3 Å². The number of carboxylic acids is 1. The molecule has 2 unspecified atom stereocenters. The molecule has 13 heavy (non-hydrogen) atoms. The molecule has 0 spiro atoms. The van der Waals surface area contributed by atoms with Crippen molar-refractivity contribution in [3.63, 3.8) is 0 Å². The van der Waals surface area contributed by atoms with E-state index in [1.54, 1.807) is 0 Å². The van der Waals surface area contributed by atoms with Crippen LogP contribution in [0.15, 0.2) is 0 Å². The van der Waals surface area contributed by atoms with Crippen molar-refractivity contribution in [1.82, 2.24) is 0 Å². The van der Waals surface area contributed by atoms with E-state index in [2.05, 4.69) is 0 Å². The van der Waals surface area contributed by atoms with E-state index in [4.69, 9.17) is 15.6 Å². The van der Waals surface area contributed by atoms with Crippen molar-refractivity contribution < 1.29 is 14.6 Å². The van der Waals surface area contributed by atoms with E-state index in [0.717, 1.165) is 25.9 Å². The first kappa shape index (κ1) is 10.5. The van der Waals surface area contributed by atoms with Gasteiger partial charge in [0, 0.05) is 12.5 Å². The Labute approximate surface area is 78.1 Å². The van der Waals surface area contributed by atoms with Crippen LogP contribution in [0.25, 0.3) is 0 Å². The molecule has 2 atom stereocenters. The minimum absolute atomic E-state index is 0.0159. The summed E-state index contributed by atoms with van der Waals surface area (Å²) in [7, 11) is 0. The van der Waals surface area contributed by atoms with E-state index >= 15 is 0 Å². The van der Waals surface area contributed by atoms with Gasteiger partial charge in [-0.3, -0.25) is 4.79 Å². The van der Waals surface area contributed by atoms with Gasteiger partial charge in [-0.1, -0.05) is 0 Å². The SMILES string of the molecule is NCC(CC(=O)O)C1CCCCO1. The third-order valence-corrected chi connectivity index (χ3v) is 2.48. The van der Waals surface area contributed by atoms with Crippen molar-refractivity contribution in [1.29, 1.82) is 0 Å². The predicted octanol–water partition coefficient (Wildman–Crippen LogP) is 0.605. The summed E-state index contributed by atoms with van der Waals surface area (Å²) in [6.07, 6.45) is 3.35. The Balaban J connectivity index is 2.39. The molecular weight excluding hydrogens is 170 g/mol. The molecule has 1 aliphatic heterocycles. The Morgan fingerprint density at radius 3 is 2.85 bits per heavy atom. The highest BCUT2D eigenvalue weighted by molar-refractivity contribution is 5.67. The van der Waals surface area contributed by atoms with Crippen LogP contribution in [0.2, 0.25) is 0 Å². The molecule has 0 radical (unpaired) electrons. The lowest BCUT2D eigenvalue weighted by atomic mass is 9.93. The van der Waals surface area contributed by atoms with Crippen LogP contribution in [-0.2, 0) is 9.53 Å². The normalized spacial score (nSPS) is 25.5. The summed E-state index contributed by atoms with van der Waals surface area (Å²) in [4.78, 5) is 10.5. The molecule has 0 saturated carbocycles. The van der Waals surface area contributed by atoms with Gasteiger partial charge in [-0.15, -0.1) is 0 Å². The fourth-order valence-electron chi connectivity index (χ4n) is 1.73. The van der Waals surface area contributed by atoms with Crippen LogP contribution in [0, 0.1) is 5.92 Å². The highest BCUT2D eigenvalue weighted by Gasteiger charge is 2.25. The van der Waals surface area contributed by atoms with Gasteiger partial charge in [-0.2, -0.15) is 0 Å². The van der Waals surface area contributed by atoms with Crippen LogP contribution >= 0.6 is 0 Å². The average Bonchev–Trinajstić information content (AvgIpc) is 2.15. The molecule has 1 heterocycles. The van der Waals surface area contributed by atoms with Gasteiger partial charge < -0.3 is 15.6 Å². The Hall–Kier alpha value is -0.610. The van der Waals surface area contributed by atoms with Crippen molar-refractivity contribution in [2.75, 3.05) is 13.2 Å². The van der Waals surface area contributed by atoms with Crippen molar-refractivity contribution in [2.24, 2.45) is 11.7 Å². The fraction of sp³-hybridized carbons (Fsp3) is 0.889. The molecule has 0 bridgehead atoms. The molecular formula is C9H17NO3. The van der Waals surface area contributed by atoms with E-state index in [1.807, 2.05) is 0 Å². The molecule has 1 rings (SSSR count). The fourth-order valence-corrected chi connectivity index (χ4v) is 1.73. The number of aliphatic carboxylic acids is 1. The molecule has 1 fully saturated rings. The number of hydrogen-bond acceptors (Lipinski definition) is 3. The van der Waals surface area contributed by atoms with Gasteiger partial charge in [0.15, 0.2) is 0 Å². The maximum absolute atomic E-state index is 10.5. The van der Waals surface area contributed by atoms with Crippen LogP contribution in [0.3, 0.4) is 0 Å². The highest BCUT2D eigenvalue weighted by Crippen LogP contribution is 2.21. The quantitative estimate of drug-likeness (QED) is 0.676. The van der Waals surface area contributed by atoms with Crippen molar-refractivity contribution in [3.05, 3.63) is 0 Å². The minimum atomic E-state index is -0.787. The molecule has 1 aliphatic rings. The van der Waals surface area contributed by atoms with E-state index in [1.165, 1.54) is 0 Å². The Morgan fingerprint density at radius 1 is 1.62 bits per heavy atom. The standard InChI is InChI=1S/C9H17NO3/c10-6-7(5-9(11)12)8-3-1-2-4-13-8/h7-8H,1-6,10H2,(H,11,12). The molecule has 1 saturated heterocycles. The second-order valence-corrected chi connectivity index (χ2v) is 3.50. The van der Waals surface area contributed by atoms with Gasteiger partial charge in [0.05, 0.1) is 12.5 Å². The average molecular weight is 187 g/mol. The third kappa shape index (κ3) is 3.32. The molecule has 0 aromatic carbocycles. The molecule has 0 aliphatic carbocycles. The van der Waals surface area contributed by atoms with E-state index in [9.17, 15) is 4.79 Å². The summed E-state index contributed by atoms with van der Waals surface area (Å²) in [5.41, 5.74) is 5.51. The zero-order chi connectivity index (χ0) is 9.68. The number of carboxylic acid groups (broad SMARTS) is 1. The van der Waals surface area contributed by atoms with E-state index < -0.39 is 5.97 Å². The zero-order valence-electron chi connectivity index (χ0n) is 7.74. The minimum Gasteiger partial charge on any atom is -0.481 e. The van der Waals surface area contributed by atoms with Gasteiger partial charge >= 0.3 is 5.97 Å². The van der Waals surface area contributed by atoms with Gasteiger partial charge in [-0.25, -0.2) is 0 Å². The first-order valence-corrected chi connectivity index (χ1v) is 4.77. The van der Waals surface area contributed by atoms with Crippen molar-refractivity contribution in [2.45, 2.75) is 31.8 Å². The first-order chi connectivity index (χ1) is 6.24. The van der Waals surface area contributed by atoms with Crippen molar-refractivity contribution >= 4 is 5.97 Å². The Bertz CT molecular complexity index is 166. The lowest BCUT2D eigenvalue weighted by Crippen LogP contribution is -2.34. The summed E-state index contributed by atoms with van der Waals surface area (Å²) < 4.78 is 5.49. The molecule has 0 aromatic heterocycles. The monoisotopic (exact) mass is 187 g/mol. The summed E-state index contributed by atoms with van der Waals surface area (Å²) in [6, 6.07) is 0. The Kier molecular flexibility index (Phi) is 4.18. The number of ether oxygens (including phenoxy) is 1. The molecule has 0 amide bonds. The van der Waals surface area contributed by atoms with Crippen LogP contribution in [0.1, 0.15) is 25.7 Å².